The number of nitrogens with one attached hydrogen (secondary N) is 1. The molecule has 1 atom stereocenters. The fourth-order valence-corrected chi connectivity index (χ4v) is 3.12. The van der Waals surface area contributed by atoms with Gasteiger partial charge in [-0.3, -0.25) is 14.6 Å². The number of fused-ring (bicyclic) bond motifs is 1. The number of nitrogens with two attached hydrogens (primary N) is 1. The van der Waals surface area contributed by atoms with E-state index in [1.165, 1.54) is 18.3 Å². The lowest BCUT2D eigenvalue weighted by atomic mass is 9.92. The van der Waals surface area contributed by atoms with Crippen molar-refractivity contribution in [1.82, 2.24) is 9.97 Å². The largest absolute Gasteiger partial charge is 0.396 e. The molecule has 28 heavy (non-hydrogen) atoms. The molecule has 146 valence electrons. The van der Waals surface area contributed by atoms with Crippen LogP contribution in [-0.4, -0.2) is 44.1 Å². The number of carbonyl (C=O) groups excluding carboxylic acids is 1. The first-order valence-corrected chi connectivity index (χ1v) is 8.38. The van der Waals surface area contributed by atoms with Crippen molar-refractivity contribution < 1.29 is 24.5 Å². The summed E-state index contributed by atoms with van der Waals surface area (Å²) < 4.78 is 13.0. The van der Waals surface area contributed by atoms with Gasteiger partial charge in [0.25, 0.3) is 11.5 Å². The molecule has 0 saturated carbocycles. The number of hydrogen-bond donors (Lipinski definition) is 5. The van der Waals surface area contributed by atoms with E-state index in [-0.39, 0.29) is 22.4 Å². The number of amides is 1. The topological polar surface area (TPSA) is 150 Å². The zero-order valence-corrected chi connectivity index (χ0v) is 14.6. The molecule has 1 aromatic carbocycles. The Balaban J connectivity index is 2.17. The van der Waals surface area contributed by atoms with Crippen LogP contribution in [0.15, 0.2) is 41.3 Å². The molecule has 6 N–H and O–H groups in total. The quantitative estimate of drug-likeness (QED) is 0.380. The molecule has 0 aliphatic heterocycles. The third-order valence-electron chi connectivity index (χ3n) is 4.44. The van der Waals surface area contributed by atoms with E-state index >= 15 is 0 Å². The highest BCUT2D eigenvalue weighted by atomic mass is 19.1. The fourth-order valence-electron chi connectivity index (χ4n) is 3.12. The number of benzene rings is 1. The van der Waals surface area contributed by atoms with Gasteiger partial charge in [0.1, 0.15) is 11.4 Å². The number of carbonyl (C=O) groups is 1. The first-order chi connectivity index (χ1) is 13.3. The first kappa shape index (κ1) is 19.6. The van der Waals surface area contributed by atoms with Crippen LogP contribution < -0.4 is 11.3 Å². The van der Waals surface area contributed by atoms with Crippen LogP contribution in [0.4, 0.5) is 4.39 Å². The Morgan fingerprint density at radius 2 is 1.89 bits per heavy atom. The van der Waals surface area contributed by atoms with Gasteiger partial charge in [0.2, 0.25) is 0 Å². The molecule has 3 rings (SSSR count). The minimum atomic E-state index is -2.03. The van der Waals surface area contributed by atoms with Gasteiger partial charge in [-0.2, -0.15) is 0 Å². The predicted molar refractivity (Wildman–Crippen MR) is 98.1 cm³/mol. The molecule has 0 radical (unpaired) electrons. The van der Waals surface area contributed by atoms with Crippen molar-refractivity contribution >= 4 is 16.9 Å². The molecular weight excluding hydrogens is 369 g/mol. The number of H-pyrrole nitrogens is 1. The van der Waals surface area contributed by atoms with Crippen molar-refractivity contribution in [2.45, 2.75) is 18.6 Å². The summed E-state index contributed by atoms with van der Waals surface area (Å²) in [6, 6.07) is 7.51. The number of nitrogens with zero attached hydrogens (tertiary/aromatic N) is 1. The van der Waals surface area contributed by atoms with Crippen molar-refractivity contribution in [2.24, 2.45) is 5.73 Å². The van der Waals surface area contributed by atoms with Crippen molar-refractivity contribution in [1.29, 1.82) is 0 Å². The van der Waals surface area contributed by atoms with Crippen LogP contribution in [0.5, 0.6) is 0 Å². The van der Waals surface area contributed by atoms with Crippen molar-refractivity contribution in [3.05, 3.63) is 75.0 Å². The summed E-state index contributed by atoms with van der Waals surface area (Å²) in [5.41, 5.74) is 5.71. The second-order valence-corrected chi connectivity index (χ2v) is 6.35. The van der Waals surface area contributed by atoms with E-state index in [0.29, 0.717) is 12.0 Å². The highest BCUT2D eigenvalue weighted by Gasteiger charge is 2.29. The molecule has 1 unspecified atom stereocenters. The predicted octanol–water partition coefficient (Wildman–Crippen LogP) is 0.138. The molecule has 1 amide bonds. The number of aliphatic hydroxyl groups is 3. The normalized spacial score (nSPS) is 12.5. The Hall–Kier alpha value is -3.14. The zero-order chi connectivity index (χ0) is 20.4. The van der Waals surface area contributed by atoms with E-state index in [4.69, 9.17) is 5.73 Å². The highest BCUT2D eigenvalue weighted by molar-refractivity contribution is 5.98. The van der Waals surface area contributed by atoms with E-state index < -0.39 is 35.8 Å². The molecule has 2 aromatic heterocycles. The van der Waals surface area contributed by atoms with Gasteiger partial charge in [-0.15, -0.1) is 0 Å². The van der Waals surface area contributed by atoms with Crippen LogP contribution in [0.2, 0.25) is 0 Å². The maximum atomic E-state index is 13.0. The van der Waals surface area contributed by atoms with Gasteiger partial charge in [-0.05, 0) is 35.7 Å². The molecule has 0 bridgehead atoms. The van der Waals surface area contributed by atoms with Crippen LogP contribution in [0, 0.1) is 5.82 Å². The maximum absolute atomic E-state index is 13.0. The molecule has 9 heteroatoms. The van der Waals surface area contributed by atoms with E-state index in [0.717, 1.165) is 5.56 Å². The number of aromatic amines is 1. The molecule has 0 aliphatic carbocycles. The average molecular weight is 387 g/mol. The lowest BCUT2D eigenvalue weighted by Crippen LogP contribution is -2.31. The van der Waals surface area contributed by atoms with E-state index in [2.05, 4.69) is 9.97 Å². The molecule has 0 saturated heterocycles. The van der Waals surface area contributed by atoms with Crippen molar-refractivity contribution in [2.75, 3.05) is 6.61 Å². The van der Waals surface area contributed by atoms with Gasteiger partial charge >= 0.3 is 0 Å². The SMILES string of the molecule is NC(=O)c1c(C(CO)C(O)O)c2ncc(Cc3ccc(F)cc3)cc2[nH]c1=O. The van der Waals surface area contributed by atoms with Gasteiger partial charge in [0, 0.05) is 11.8 Å². The highest BCUT2D eigenvalue weighted by Crippen LogP contribution is 2.27. The van der Waals surface area contributed by atoms with E-state index in [1.807, 2.05) is 0 Å². The molecule has 8 nitrogen and oxygen atoms in total. The van der Waals surface area contributed by atoms with Gasteiger partial charge in [-0.25, -0.2) is 4.39 Å². The molecular formula is C19H18FN3O5. The average Bonchev–Trinajstić information content (AvgIpc) is 2.63. The lowest BCUT2D eigenvalue weighted by molar-refractivity contribution is -0.0705. The Labute approximate surface area is 158 Å². The van der Waals surface area contributed by atoms with E-state index in [9.17, 15) is 29.3 Å². The van der Waals surface area contributed by atoms with Crippen LogP contribution >= 0.6 is 0 Å². The number of hydrogen-bond acceptors (Lipinski definition) is 6. The van der Waals surface area contributed by atoms with Crippen LogP contribution in [0.3, 0.4) is 0 Å². The van der Waals surface area contributed by atoms with Crippen LogP contribution in [0.25, 0.3) is 11.0 Å². The summed E-state index contributed by atoms with van der Waals surface area (Å²) in [6.45, 7) is -0.741. The molecule has 0 aliphatic rings. The van der Waals surface area contributed by atoms with Gasteiger partial charge in [0.05, 0.1) is 23.6 Å². The summed E-state index contributed by atoms with van der Waals surface area (Å²) in [4.78, 5) is 30.9. The molecule has 2 heterocycles. The molecule has 0 fully saturated rings. The summed E-state index contributed by atoms with van der Waals surface area (Å²) in [5, 5.41) is 28.7. The minimum absolute atomic E-state index is 0.114. The fraction of sp³-hybridized carbons (Fsp3) is 0.211. The standard InChI is InChI=1S/C19H18FN3O5/c20-11-3-1-9(2-4-11)5-10-6-13-16(22-7-10)14(12(8-24)19(27)28)15(17(21)25)18(26)23-13/h1-4,6-7,12,19,24,27-28H,5,8H2,(H2,21,25)(H,23,26). The zero-order valence-electron chi connectivity index (χ0n) is 14.6. The van der Waals surface area contributed by atoms with Gasteiger partial charge in [0.15, 0.2) is 6.29 Å². The summed E-state index contributed by atoms with van der Waals surface area (Å²) in [5.74, 6) is -2.77. The number of rotatable bonds is 6. The minimum Gasteiger partial charge on any atom is -0.396 e. The summed E-state index contributed by atoms with van der Waals surface area (Å²) in [6.07, 6.45) is -0.144. The summed E-state index contributed by atoms with van der Waals surface area (Å²) in [7, 11) is 0. The smallest absolute Gasteiger partial charge is 0.261 e. The van der Waals surface area contributed by atoms with Crippen molar-refractivity contribution in [3.8, 4) is 0 Å². The maximum Gasteiger partial charge on any atom is 0.261 e. The lowest BCUT2D eigenvalue weighted by Gasteiger charge is -2.20. The van der Waals surface area contributed by atoms with Crippen molar-refractivity contribution in [3.63, 3.8) is 0 Å². The molecule has 0 spiro atoms. The Morgan fingerprint density at radius 3 is 2.46 bits per heavy atom. The number of halogens is 1. The number of pyridine rings is 2. The number of aliphatic hydroxyl groups excluding tert-OH is 2. The Morgan fingerprint density at radius 1 is 1.21 bits per heavy atom. The number of primary amides is 1. The van der Waals surface area contributed by atoms with E-state index in [1.54, 1.807) is 18.2 Å². The second-order valence-electron chi connectivity index (χ2n) is 6.35. The Bertz CT molecular complexity index is 1080. The number of aromatic nitrogens is 2. The Kier molecular flexibility index (Phi) is 5.50. The molecule has 3 aromatic rings. The van der Waals surface area contributed by atoms with Crippen LogP contribution in [-0.2, 0) is 6.42 Å². The van der Waals surface area contributed by atoms with Crippen LogP contribution in [0.1, 0.15) is 33.0 Å². The third kappa shape index (κ3) is 3.77. The van der Waals surface area contributed by atoms with Gasteiger partial charge < -0.3 is 26.0 Å². The monoisotopic (exact) mass is 387 g/mol. The van der Waals surface area contributed by atoms with Gasteiger partial charge in [-0.1, -0.05) is 12.1 Å². The second kappa shape index (κ2) is 7.85. The summed E-state index contributed by atoms with van der Waals surface area (Å²) >= 11 is 0. The first-order valence-electron chi connectivity index (χ1n) is 8.38. The third-order valence-corrected chi connectivity index (χ3v) is 4.44.